The van der Waals surface area contributed by atoms with Gasteiger partial charge in [0.2, 0.25) is 0 Å². The summed E-state index contributed by atoms with van der Waals surface area (Å²) in [4.78, 5) is 12.0. The van der Waals surface area contributed by atoms with Crippen LogP contribution >= 0.6 is 0 Å². The first-order valence-corrected chi connectivity index (χ1v) is 6.52. The van der Waals surface area contributed by atoms with Crippen LogP contribution in [0.5, 0.6) is 0 Å². The summed E-state index contributed by atoms with van der Waals surface area (Å²) in [7, 11) is 0. The molecule has 1 aromatic carbocycles. The molecule has 98 valence electrons. The smallest absolute Gasteiger partial charge is 0.253 e. The summed E-state index contributed by atoms with van der Waals surface area (Å²) in [5.41, 5.74) is 1.98. The van der Waals surface area contributed by atoms with Gasteiger partial charge in [-0.15, -0.1) is 0 Å². The van der Waals surface area contributed by atoms with Gasteiger partial charge in [-0.3, -0.25) is 4.79 Å². The minimum Gasteiger partial charge on any atom is -0.368 e. The van der Waals surface area contributed by atoms with E-state index in [4.69, 9.17) is 4.74 Å². The minimum absolute atomic E-state index is 0.0311. The van der Waals surface area contributed by atoms with Gasteiger partial charge in [0.15, 0.2) is 0 Å². The topological polar surface area (TPSA) is 50.4 Å². The van der Waals surface area contributed by atoms with Crippen molar-refractivity contribution in [3.05, 3.63) is 29.8 Å². The highest BCUT2D eigenvalue weighted by atomic mass is 16.5. The third-order valence-corrected chi connectivity index (χ3v) is 3.06. The monoisotopic (exact) mass is 248 g/mol. The van der Waals surface area contributed by atoms with Gasteiger partial charge in [-0.1, -0.05) is 25.1 Å². The number of nitrogens with one attached hydrogen (secondary N) is 2. The van der Waals surface area contributed by atoms with Crippen molar-refractivity contribution in [3.8, 4) is 0 Å². The highest BCUT2D eigenvalue weighted by Crippen LogP contribution is 2.18. The van der Waals surface area contributed by atoms with Crippen LogP contribution in [0, 0.1) is 0 Å². The number of carbonyl (C=O) groups excluding carboxylic acids is 1. The molecule has 1 aliphatic rings. The average molecular weight is 248 g/mol. The summed E-state index contributed by atoms with van der Waals surface area (Å²) >= 11 is 0. The Hall–Kier alpha value is -1.39. The molecule has 1 saturated heterocycles. The lowest BCUT2D eigenvalue weighted by molar-refractivity contribution is -0.124. The van der Waals surface area contributed by atoms with E-state index in [0.717, 1.165) is 37.2 Å². The molecule has 1 heterocycles. The van der Waals surface area contributed by atoms with Gasteiger partial charge < -0.3 is 15.4 Å². The summed E-state index contributed by atoms with van der Waals surface area (Å²) in [6.07, 6.45) is 1.51. The molecule has 1 aliphatic heterocycles. The Balaban J connectivity index is 2.00. The van der Waals surface area contributed by atoms with Gasteiger partial charge in [-0.25, -0.2) is 0 Å². The second-order valence-corrected chi connectivity index (χ2v) is 4.43. The van der Waals surface area contributed by atoms with Crippen LogP contribution in [0.25, 0.3) is 0 Å². The van der Waals surface area contributed by atoms with Crippen LogP contribution in [-0.2, 0) is 16.1 Å². The number of hydrogen-bond donors (Lipinski definition) is 2. The molecule has 1 atom stereocenters. The fraction of sp³-hybridized carbons (Fsp3) is 0.500. The molecule has 2 N–H and O–H groups in total. The number of anilines is 1. The molecule has 0 aromatic heterocycles. The molecule has 0 unspecified atom stereocenters. The SMILES string of the molecule is CCNCc1ccccc1NC(=O)[C@@H]1CCCO1. The maximum absolute atomic E-state index is 12.0. The van der Waals surface area contributed by atoms with E-state index in [1.807, 2.05) is 24.3 Å². The van der Waals surface area contributed by atoms with Crippen molar-refractivity contribution in [2.75, 3.05) is 18.5 Å². The predicted octanol–water partition coefficient (Wildman–Crippen LogP) is 1.91. The maximum Gasteiger partial charge on any atom is 0.253 e. The zero-order valence-electron chi connectivity index (χ0n) is 10.7. The van der Waals surface area contributed by atoms with Crippen molar-refractivity contribution in [1.29, 1.82) is 0 Å². The fourth-order valence-corrected chi connectivity index (χ4v) is 2.05. The molecule has 0 spiro atoms. The lowest BCUT2D eigenvalue weighted by Crippen LogP contribution is -2.27. The largest absolute Gasteiger partial charge is 0.368 e. The molecule has 18 heavy (non-hydrogen) atoms. The lowest BCUT2D eigenvalue weighted by atomic mass is 10.1. The quantitative estimate of drug-likeness (QED) is 0.837. The lowest BCUT2D eigenvalue weighted by Gasteiger charge is -2.14. The Morgan fingerprint density at radius 3 is 3.00 bits per heavy atom. The Kier molecular flexibility index (Phi) is 4.73. The zero-order valence-corrected chi connectivity index (χ0v) is 10.7. The molecule has 2 rings (SSSR count). The number of benzene rings is 1. The molecule has 1 fully saturated rings. The van der Waals surface area contributed by atoms with Crippen molar-refractivity contribution < 1.29 is 9.53 Å². The van der Waals surface area contributed by atoms with Gasteiger partial charge >= 0.3 is 0 Å². The van der Waals surface area contributed by atoms with Crippen molar-refractivity contribution in [2.24, 2.45) is 0 Å². The fourth-order valence-electron chi connectivity index (χ4n) is 2.05. The van der Waals surface area contributed by atoms with E-state index in [9.17, 15) is 4.79 Å². The number of para-hydroxylation sites is 1. The molecule has 4 nitrogen and oxygen atoms in total. The summed E-state index contributed by atoms with van der Waals surface area (Å²) in [6.45, 7) is 4.43. The van der Waals surface area contributed by atoms with Gasteiger partial charge in [-0.2, -0.15) is 0 Å². The van der Waals surface area contributed by atoms with Crippen LogP contribution in [0.1, 0.15) is 25.3 Å². The van der Waals surface area contributed by atoms with Gasteiger partial charge in [0, 0.05) is 18.8 Å². The van der Waals surface area contributed by atoms with Crippen LogP contribution < -0.4 is 10.6 Å². The second kappa shape index (κ2) is 6.52. The number of rotatable bonds is 5. The van der Waals surface area contributed by atoms with Crippen LogP contribution in [0.3, 0.4) is 0 Å². The third-order valence-electron chi connectivity index (χ3n) is 3.06. The number of ether oxygens (including phenoxy) is 1. The maximum atomic E-state index is 12.0. The first kappa shape index (κ1) is 13.1. The van der Waals surface area contributed by atoms with Crippen LogP contribution in [0.15, 0.2) is 24.3 Å². The van der Waals surface area contributed by atoms with Crippen molar-refractivity contribution in [2.45, 2.75) is 32.4 Å². The Morgan fingerprint density at radius 2 is 2.28 bits per heavy atom. The van der Waals surface area contributed by atoms with Crippen LogP contribution in [-0.4, -0.2) is 25.2 Å². The summed E-state index contributed by atoms with van der Waals surface area (Å²) in [6, 6.07) is 7.86. The number of carbonyl (C=O) groups is 1. The van der Waals surface area contributed by atoms with Crippen LogP contribution in [0.2, 0.25) is 0 Å². The molecule has 0 saturated carbocycles. The first-order chi connectivity index (χ1) is 8.81. The third kappa shape index (κ3) is 3.31. The molecular formula is C14H20N2O2. The Labute approximate surface area is 108 Å². The van der Waals surface area contributed by atoms with Crippen molar-refractivity contribution in [1.82, 2.24) is 5.32 Å². The van der Waals surface area contributed by atoms with E-state index in [1.54, 1.807) is 0 Å². The first-order valence-electron chi connectivity index (χ1n) is 6.52. The molecule has 0 bridgehead atoms. The predicted molar refractivity (Wildman–Crippen MR) is 71.4 cm³/mol. The average Bonchev–Trinajstić information content (AvgIpc) is 2.91. The van der Waals surface area contributed by atoms with E-state index in [2.05, 4.69) is 17.6 Å². The highest BCUT2D eigenvalue weighted by molar-refractivity contribution is 5.94. The normalized spacial score (nSPS) is 18.8. The summed E-state index contributed by atoms with van der Waals surface area (Å²) in [5, 5.41) is 6.22. The van der Waals surface area contributed by atoms with Crippen LogP contribution in [0.4, 0.5) is 5.69 Å². The van der Waals surface area contributed by atoms with E-state index < -0.39 is 0 Å². The molecule has 1 aromatic rings. The van der Waals surface area contributed by atoms with E-state index in [-0.39, 0.29) is 12.0 Å². The zero-order chi connectivity index (χ0) is 12.8. The standard InChI is InChI=1S/C14H20N2O2/c1-2-15-10-11-6-3-4-7-12(11)16-14(17)13-8-5-9-18-13/h3-4,6-7,13,15H,2,5,8-10H2,1H3,(H,16,17)/t13-/m0/s1. The van der Waals surface area contributed by atoms with Gasteiger partial charge in [0.25, 0.3) is 5.91 Å². The number of hydrogen-bond acceptors (Lipinski definition) is 3. The van der Waals surface area contributed by atoms with E-state index in [1.165, 1.54) is 0 Å². The Bertz CT molecular complexity index is 401. The molecule has 0 aliphatic carbocycles. The molecular weight excluding hydrogens is 228 g/mol. The molecule has 1 amide bonds. The molecule has 0 radical (unpaired) electrons. The summed E-state index contributed by atoms with van der Waals surface area (Å²) in [5.74, 6) is -0.0311. The van der Waals surface area contributed by atoms with Crippen molar-refractivity contribution in [3.63, 3.8) is 0 Å². The Morgan fingerprint density at radius 1 is 1.44 bits per heavy atom. The molecule has 4 heteroatoms. The highest BCUT2D eigenvalue weighted by Gasteiger charge is 2.23. The number of amides is 1. The van der Waals surface area contributed by atoms with Gasteiger partial charge in [0.1, 0.15) is 6.10 Å². The van der Waals surface area contributed by atoms with E-state index in [0.29, 0.717) is 6.61 Å². The van der Waals surface area contributed by atoms with E-state index >= 15 is 0 Å². The second-order valence-electron chi connectivity index (χ2n) is 4.43. The van der Waals surface area contributed by atoms with Gasteiger partial charge in [0.05, 0.1) is 0 Å². The minimum atomic E-state index is -0.280. The van der Waals surface area contributed by atoms with Crippen molar-refractivity contribution >= 4 is 11.6 Å². The van der Waals surface area contributed by atoms with Gasteiger partial charge in [-0.05, 0) is 31.0 Å². The summed E-state index contributed by atoms with van der Waals surface area (Å²) < 4.78 is 5.38.